The first-order chi connectivity index (χ1) is 16.5. The smallest absolute Gasteiger partial charge is 0.261 e. The molecule has 2 aromatic carbocycles. The van der Waals surface area contributed by atoms with Crippen LogP contribution >= 0.6 is 0 Å². The summed E-state index contributed by atoms with van der Waals surface area (Å²) in [7, 11) is 4.46. The summed E-state index contributed by atoms with van der Waals surface area (Å²) in [5.41, 5.74) is 1.05. The van der Waals surface area contributed by atoms with Crippen molar-refractivity contribution in [2.75, 3.05) is 21.3 Å². The van der Waals surface area contributed by atoms with Gasteiger partial charge in [-0.1, -0.05) is 12.1 Å². The molecule has 4 rings (SSSR count). The molecule has 0 spiro atoms. The summed E-state index contributed by atoms with van der Waals surface area (Å²) in [5.74, 6) is 1.44. The molecule has 1 N–H and O–H groups in total. The predicted molar refractivity (Wildman–Crippen MR) is 125 cm³/mol. The van der Waals surface area contributed by atoms with Gasteiger partial charge in [0.05, 0.1) is 38.3 Å². The number of hydrogen-bond donors (Lipinski definition) is 1. The largest absolute Gasteiger partial charge is 0.493 e. The molecule has 1 atom stereocenters. The maximum absolute atomic E-state index is 13.0. The first kappa shape index (κ1) is 23.1. The van der Waals surface area contributed by atoms with E-state index in [9.17, 15) is 14.9 Å². The van der Waals surface area contributed by atoms with Gasteiger partial charge in [0.2, 0.25) is 11.7 Å². The second-order valence-corrected chi connectivity index (χ2v) is 8.04. The third-order valence-electron chi connectivity index (χ3n) is 5.82. The average molecular weight is 463 g/mol. The van der Waals surface area contributed by atoms with Gasteiger partial charge >= 0.3 is 0 Å². The quantitative estimate of drug-likeness (QED) is 0.520. The van der Waals surface area contributed by atoms with Crippen molar-refractivity contribution < 1.29 is 19.0 Å². The minimum absolute atomic E-state index is 0.0733. The van der Waals surface area contributed by atoms with Crippen molar-refractivity contribution in [3.8, 4) is 23.3 Å². The van der Waals surface area contributed by atoms with E-state index in [0.29, 0.717) is 39.5 Å². The summed E-state index contributed by atoms with van der Waals surface area (Å²) in [4.78, 5) is 30.4. The highest BCUT2D eigenvalue weighted by atomic mass is 16.5. The zero-order valence-electron chi connectivity index (χ0n) is 19.3. The predicted octanol–water partition coefficient (Wildman–Crippen LogP) is 3.07. The van der Waals surface area contributed by atoms with E-state index in [4.69, 9.17) is 14.2 Å². The molecule has 0 bridgehead atoms. The monoisotopic (exact) mass is 462 g/mol. The van der Waals surface area contributed by atoms with Crippen LogP contribution in [0.1, 0.15) is 42.7 Å². The molecule has 1 unspecified atom stereocenters. The second-order valence-electron chi connectivity index (χ2n) is 8.04. The number of carbonyl (C=O) groups is 1. The van der Waals surface area contributed by atoms with Gasteiger partial charge in [-0.2, -0.15) is 5.26 Å². The molecular weight excluding hydrogens is 436 g/mol. The molecule has 3 aromatic rings. The molecule has 1 aliphatic carbocycles. The maximum atomic E-state index is 13.0. The highest BCUT2D eigenvalue weighted by Crippen LogP contribution is 2.39. The Balaban J connectivity index is 1.53. The summed E-state index contributed by atoms with van der Waals surface area (Å²) in [6.07, 6.45) is 2.23. The average Bonchev–Trinajstić information content (AvgIpc) is 3.70. The molecule has 1 heterocycles. The number of nitrogens with zero attached hydrogens (tertiary/aromatic N) is 3. The van der Waals surface area contributed by atoms with Crippen LogP contribution in [0.25, 0.3) is 10.9 Å². The molecule has 9 heteroatoms. The Kier molecular flexibility index (Phi) is 6.68. The van der Waals surface area contributed by atoms with Gasteiger partial charge in [-0.05, 0) is 42.7 Å². The van der Waals surface area contributed by atoms with Crippen molar-refractivity contribution in [2.45, 2.75) is 37.8 Å². The third-order valence-corrected chi connectivity index (χ3v) is 5.82. The van der Waals surface area contributed by atoms with Gasteiger partial charge in [0.25, 0.3) is 5.56 Å². The molecule has 1 amide bonds. The number of rotatable bonds is 9. The Hall–Kier alpha value is -4.06. The fourth-order valence-corrected chi connectivity index (χ4v) is 3.99. The van der Waals surface area contributed by atoms with Crippen LogP contribution in [-0.4, -0.2) is 36.8 Å². The summed E-state index contributed by atoms with van der Waals surface area (Å²) in [6.45, 7) is 0. The fraction of sp³-hybridized carbons (Fsp3) is 0.360. The lowest BCUT2D eigenvalue weighted by molar-refractivity contribution is -0.121. The number of carbonyl (C=O) groups excluding carboxylic acids is 1. The van der Waals surface area contributed by atoms with E-state index < -0.39 is 6.04 Å². The molecule has 0 aliphatic heterocycles. The minimum atomic E-state index is -0.920. The molecule has 1 aliphatic rings. The topological polar surface area (TPSA) is 115 Å². The van der Waals surface area contributed by atoms with E-state index in [1.54, 1.807) is 28.8 Å². The highest BCUT2D eigenvalue weighted by Gasteiger charge is 2.28. The molecule has 34 heavy (non-hydrogen) atoms. The van der Waals surface area contributed by atoms with Crippen molar-refractivity contribution in [1.82, 2.24) is 14.9 Å². The van der Waals surface area contributed by atoms with E-state index in [2.05, 4.69) is 16.4 Å². The number of para-hydroxylation sites is 1. The van der Waals surface area contributed by atoms with Gasteiger partial charge in [-0.15, -0.1) is 0 Å². The molecule has 0 radical (unpaired) electrons. The zero-order valence-corrected chi connectivity index (χ0v) is 19.3. The van der Waals surface area contributed by atoms with Gasteiger partial charge in [0.1, 0.15) is 11.9 Å². The number of hydrogen-bond acceptors (Lipinski definition) is 7. The fourth-order valence-electron chi connectivity index (χ4n) is 3.99. The van der Waals surface area contributed by atoms with Crippen LogP contribution in [0, 0.1) is 11.3 Å². The van der Waals surface area contributed by atoms with E-state index >= 15 is 0 Å². The Labute approximate surface area is 196 Å². The van der Waals surface area contributed by atoms with E-state index in [1.165, 1.54) is 21.3 Å². The van der Waals surface area contributed by atoms with Gasteiger partial charge in [-0.25, -0.2) is 4.98 Å². The summed E-state index contributed by atoms with van der Waals surface area (Å²) >= 11 is 0. The molecule has 1 aromatic heterocycles. The number of aromatic nitrogens is 2. The first-order valence-electron chi connectivity index (χ1n) is 11.0. The Morgan fingerprint density at radius 3 is 2.44 bits per heavy atom. The lowest BCUT2D eigenvalue weighted by Crippen LogP contribution is -2.29. The number of nitriles is 1. The Bertz CT molecular complexity index is 1300. The molecule has 1 saturated carbocycles. The van der Waals surface area contributed by atoms with Crippen LogP contribution in [0.15, 0.2) is 41.2 Å². The SMILES string of the molecule is COc1cc(C(C#N)NC(=O)CCc2nc3ccccc3c(=O)n2C2CC2)cc(OC)c1OC. The summed E-state index contributed by atoms with van der Waals surface area (Å²) < 4.78 is 17.7. The number of benzene rings is 2. The van der Waals surface area contributed by atoms with Crippen LogP contribution in [0.4, 0.5) is 0 Å². The van der Waals surface area contributed by atoms with Gasteiger partial charge in [0.15, 0.2) is 11.5 Å². The van der Waals surface area contributed by atoms with Crippen molar-refractivity contribution in [2.24, 2.45) is 0 Å². The molecule has 9 nitrogen and oxygen atoms in total. The molecule has 0 saturated heterocycles. The number of fused-ring (bicyclic) bond motifs is 1. The normalized spacial score (nSPS) is 13.7. The van der Waals surface area contributed by atoms with Crippen LogP contribution in [0.5, 0.6) is 17.2 Å². The second kappa shape index (κ2) is 9.83. The van der Waals surface area contributed by atoms with Crippen LogP contribution in [-0.2, 0) is 11.2 Å². The van der Waals surface area contributed by atoms with E-state index in [0.717, 1.165) is 12.8 Å². The van der Waals surface area contributed by atoms with Crippen LogP contribution < -0.4 is 25.1 Å². The lowest BCUT2D eigenvalue weighted by atomic mass is 10.1. The van der Waals surface area contributed by atoms with Gasteiger partial charge in [0, 0.05) is 18.9 Å². The number of aryl methyl sites for hydroxylation is 1. The highest BCUT2D eigenvalue weighted by molar-refractivity contribution is 5.78. The minimum Gasteiger partial charge on any atom is -0.493 e. The summed E-state index contributed by atoms with van der Waals surface area (Å²) in [6, 6.07) is 11.8. The van der Waals surface area contributed by atoms with Crippen molar-refractivity contribution >= 4 is 16.8 Å². The third kappa shape index (κ3) is 4.53. The first-order valence-corrected chi connectivity index (χ1v) is 11.0. The summed E-state index contributed by atoms with van der Waals surface area (Å²) in [5, 5.41) is 13.0. The van der Waals surface area contributed by atoms with Gasteiger partial charge in [-0.3, -0.25) is 14.2 Å². The van der Waals surface area contributed by atoms with Crippen molar-refractivity contribution in [3.05, 3.63) is 58.1 Å². The van der Waals surface area contributed by atoms with Crippen molar-refractivity contribution in [3.63, 3.8) is 0 Å². The van der Waals surface area contributed by atoms with Crippen LogP contribution in [0.2, 0.25) is 0 Å². The van der Waals surface area contributed by atoms with Crippen LogP contribution in [0.3, 0.4) is 0 Å². The van der Waals surface area contributed by atoms with E-state index in [1.807, 2.05) is 12.1 Å². The lowest BCUT2D eigenvalue weighted by Gasteiger charge is -2.17. The number of nitrogens with one attached hydrogen (secondary N) is 1. The number of ether oxygens (including phenoxy) is 3. The van der Waals surface area contributed by atoms with E-state index in [-0.39, 0.29) is 30.3 Å². The Morgan fingerprint density at radius 1 is 1.18 bits per heavy atom. The standard InChI is InChI=1S/C25H26N4O5/c1-32-20-12-15(13-21(33-2)24(20)34-3)19(14-26)28-23(30)11-10-22-27-18-7-5-4-6-17(18)25(31)29(22)16-8-9-16/h4-7,12-13,16,19H,8-11H2,1-3H3,(H,28,30). The maximum Gasteiger partial charge on any atom is 0.261 e. The van der Waals surface area contributed by atoms with Gasteiger partial charge < -0.3 is 19.5 Å². The number of amides is 1. The number of methoxy groups -OCH3 is 3. The zero-order chi connectivity index (χ0) is 24.2. The molecular formula is C25H26N4O5. The van der Waals surface area contributed by atoms with Crippen molar-refractivity contribution in [1.29, 1.82) is 5.26 Å². The molecule has 1 fully saturated rings. The Morgan fingerprint density at radius 2 is 1.85 bits per heavy atom. The molecule has 176 valence electrons.